The van der Waals surface area contributed by atoms with Crippen molar-refractivity contribution in [2.75, 3.05) is 6.61 Å². The Morgan fingerprint density at radius 1 is 1.73 bits per heavy atom. The van der Waals surface area contributed by atoms with Crippen LogP contribution in [0, 0.1) is 12.8 Å². The predicted octanol–water partition coefficient (Wildman–Crippen LogP) is 0.850. The number of aliphatic hydroxyl groups is 1. The molecule has 2 N–H and O–H groups in total. The van der Waals surface area contributed by atoms with Gasteiger partial charge in [-0.1, -0.05) is 13.0 Å². The van der Waals surface area contributed by atoms with Gasteiger partial charge in [-0.25, -0.2) is 4.79 Å². The normalized spacial score (nSPS) is 14.6. The highest BCUT2D eigenvalue weighted by molar-refractivity contribution is 5.85. The first-order valence-electron chi connectivity index (χ1n) is 3.43. The molecule has 0 spiro atoms. The molecule has 1 unspecified atom stereocenters. The second kappa shape index (κ2) is 4.91. The fourth-order valence-corrected chi connectivity index (χ4v) is 0.652. The van der Waals surface area contributed by atoms with Gasteiger partial charge in [0.1, 0.15) is 0 Å². The number of carbonyl (C=O) groups is 1. The number of rotatable bonds is 4. The molecule has 0 aromatic heterocycles. The van der Waals surface area contributed by atoms with Crippen molar-refractivity contribution < 1.29 is 15.0 Å². The van der Waals surface area contributed by atoms with E-state index in [-0.39, 0.29) is 18.1 Å². The van der Waals surface area contributed by atoms with Crippen molar-refractivity contribution >= 4 is 5.97 Å². The monoisotopic (exact) mass is 157 g/mol. The summed E-state index contributed by atoms with van der Waals surface area (Å²) in [5.74, 6) is -1.08. The zero-order chi connectivity index (χ0) is 8.85. The van der Waals surface area contributed by atoms with Crippen LogP contribution in [-0.2, 0) is 4.79 Å². The van der Waals surface area contributed by atoms with Crippen molar-refractivity contribution in [1.29, 1.82) is 0 Å². The smallest absolute Gasteiger partial charge is 0.330 e. The highest BCUT2D eigenvalue weighted by Crippen LogP contribution is 2.06. The Hall–Kier alpha value is -0.830. The molecule has 0 heterocycles. The molecular weight excluding hydrogens is 144 g/mol. The van der Waals surface area contributed by atoms with Crippen molar-refractivity contribution in [3.8, 4) is 0 Å². The van der Waals surface area contributed by atoms with Crippen LogP contribution in [0.5, 0.6) is 0 Å². The lowest BCUT2D eigenvalue weighted by Gasteiger charge is -2.04. The lowest BCUT2D eigenvalue weighted by atomic mass is 10.0. The Balaban J connectivity index is 4.14. The summed E-state index contributed by atoms with van der Waals surface area (Å²) in [5.41, 5.74) is 0.257. The van der Waals surface area contributed by atoms with Crippen LogP contribution < -0.4 is 0 Å². The van der Waals surface area contributed by atoms with Gasteiger partial charge in [0.2, 0.25) is 0 Å². The van der Waals surface area contributed by atoms with E-state index in [1.165, 1.54) is 13.0 Å². The molecule has 63 valence electrons. The minimum absolute atomic E-state index is 0.0475. The molecule has 0 saturated heterocycles. The highest BCUT2D eigenvalue weighted by Gasteiger charge is 2.04. The van der Waals surface area contributed by atoms with Gasteiger partial charge in [-0.3, -0.25) is 0 Å². The summed E-state index contributed by atoms with van der Waals surface area (Å²) < 4.78 is 0. The van der Waals surface area contributed by atoms with Gasteiger partial charge in [0.15, 0.2) is 0 Å². The molecule has 0 aliphatic carbocycles. The summed E-state index contributed by atoms with van der Waals surface area (Å²) in [7, 11) is 0. The summed E-state index contributed by atoms with van der Waals surface area (Å²) in [4.78, 5) is 10.3. The van der Waals surface area contributed by atoms with Gasteiger partial charge in [-0.2, -0.15) is 0 Å². The van der Waals surface area contributed by atoms with E-state index in [9.17, 15) is 4.79 Å². The topological polar surface area (TPSA) is 57.5 Å². The standard InChI is InChI=1S/C8H13O3/c1-3-7(5-9)4-6(2)8(10)11/h4,7,9H,1,3,5H2,2H3,(H,10,11). The fourth-order valence-electron chi connectivity index (χ4n) is 0.652. The van der Waals surface area contributed by atoms with Crippen molar-refractivity contribution in [2.45, 2.75) is 13.3 Å². The first-order chi connectivity index (χ1) is 5.11. The van der Waals surface area contributed by atoms with Crippen LogP contribution in [0.25, 0.3) is 0 Å². The maximum Gasteiger partial charge on any atom is 0.330 e. The molecular formula is C8H13O3. The Kier molecular flexibility index (Phi) is 4.54. The third kappa shape index (κ3) is 3.78. The molecule has 3 nitrogen and oxygen atoms in total. The number of carboxylic acid groups (broad SMARTS) is 1. The summed E-state index contributed by atoms with van der Waals surface area (Å²) in [6.45, 7) is 5.02. The van der Waals surface area contributed by atoms with Gasteiger partial charge in [0.05, 0.1) is 0 Å². The number of aliphatic hydroxyl groups excluding tert-OH is 1. The van der Waals surface area contributed by atoms with E-state index >= 15 is 0 Å². The second-order valence-corrected chi connectivity index (χ2v) is 2.39. The van der Waals surface area contributed by atoms with E-state index in [0.29, 0.717) is 6.42 Å². The van der Waals surface area contributed by atoms with Gasteiger partial charge in [-0.15, -0.1) is 0 Å². The molecule has 0 aromatic carbocycles. The van der Waals surface area contributed by atoms with Crippen molar-refractivity contribution in [3.63, 3.8) is 0 Å². The highest BCUT2D eigenvalue weighted by atomic mass is 16.4. The van der Waals surface area contributed by atoms with Crippen LogP contribution in [0.2, 0.25) is 0 Å². The maximum absolute atomic E-state index is 10.3. The van der Waals surface area contributed by atoms with Crippen LogP contribution in [0.4, 0.5) is 0 Å². The molecule has 0 aliphatic heterocycles. The summed E-state index contributed by atoms with van der Waals surface area (Å²) in [6, 6.07) is 0. The molecule has 1 atom stereocenters. The SMILES string of the molecule is [CH2]CC(C=C(C)C(=O)O)CO. The minimum atomic E-state index is -0.947. The Morgan fingerprint density at radius 2 is 2.27 bits per heavy atom. The molecule has 1 radical (unpaired) electrons. The van der Waals surface area contributed by atoms with Crippen molar-refractivity contribution in [2.24, 2.45) is 5.92 Å². The zero-order valence-electron chi connectivity index (χ0n) is 6.58. The van der Waals surface area contributed by atoms with E-state index in [1.54, 1.807) is 0 Å². The number of carboxylic acids is 1. The van der Waals surface area contributed by atoms with Gasteiger partial charge in [0.25, 0.3) is 0 Å². The van der Waals surface area contributed by atoms with Crippen LogP contribution in [0.1, 0.15) is 13.3 Å². The summed E-state index contributed by atoms with van der Waals surface area (Å²) >= 11 is 0. The Bertz CT molecular complexity index is 157. The van der Waals surface area contributed by atoms with Crippen LogP contribution in [0.3, 0.4) is 0 Å². The molecule has 0 aromatic rings. The predicted molar refractivity (Wildman–Crippen MR) is 41.9 cm³/mol. The summed E-state index contributed by atoms with van der Waals surface area (Å²) in [6.07, 6.45) is 2.04. The van der Waals surface area contributed by atoms with Crippen molar-refractivity contribution in [1.82, 2.24) is 0 Å². The van der Waals surface area contributed by atoms with Gasteiger partial charge in [0, 0.05) is 18.1 Å². The number of aliphatic carboxylic acids is 1. The molecule has 0 aliphatic rings. The molecule has 0 rings (SSSR count). The molecule has 0 bridgehead atoms. The van der Waals surface area contributed by atoms with E-state index in [2.05, 4.69) is 6.92 Å². The average Bonchev–Trinajstić information content (AvgIpc) is 1.99. The lowest BCUT2D eigenvalue weighted by molar-refractivity contribution is -0.132. The Labute approximate surface area is 66.4 Å². The van der Waals surface area contributed by atoms with Crippen LogP contribution >= 0.6 is 0 Å². The third-order valence-corrected chi connectivity index (χ3v) is 1.43. The van der Waals surface area contributed by atoms with E-state index < -0.39 is 5.97 Å². The van der Waals surface area contributed by atoms with E-state index in [4.69, 9.17) is 10.2 Å². The van der Waals surface area contributed by atoms with Crippen LogP contribution in [-0.4, -0.2) is 22.8 Å². The average molecular weight is 157 g/mol. The number of hydrogen-bond acceptors (Lipinski definition) is 2. The van der Waals surface area contributed by atoms with Crippen molar-refractivity contribution in [3.05, 3.63) is 18.6 Å². The third-order valence-electron chi connectivity index (χ3n) is 1.43. The minimum Gasteiger partial charge on any atom is -0.478 e. The van der Waals surface area contributed by atoms with Crippen LogP contribution in [0.15, 0.2) is 11.6 Å². The first-order valence-corrected chi connectivity index (χ1v) is 3.43. The van der Waals surface area contributed by atoms with E-state index in [1.807, 2.05) is 0 Å². The fraction of sp³-hybridized carbons (Fsp3) is 0.500. The molecule has 0 amide bonds. The summed E-state index contributed by atoms with van der Waals surface area (Å²) in [5, 5.41) is 17.1. The quantitative estimate of drug-likeness (QED) is 0.595. The molecule has 0 saturated carbocycles. The van der Waals surface area contributed by atoms with Gasteiger partial charge in [-0.05, 0) is 13.3 Å². The molecule has 3 heteroatoms. The lowest BCUT2D eigenvalue weighted by Crippen LogP contribution is -2.05. The van der Waals surface area contributed by atoms with Gasteiger partial charge >= 0.3 is 5.97 Å². The molecule has 11 heavy (non-hydrogen) atoms. The number of hydrogen-bond donors (Lipinski definition) is 2. The second-order valence-electron chi connectivity index (χ2n) is 2.39. The zero-order valence-corrected chi connectivity index (χ0v) is 6.58. The van der Waals surface area contributed by atoms with E-state index in [0.717, 1.165) is 0 Å². The first kappa shape index (κ1) is 10.2. The largest absolute Gasteiger partial charge is 0.478 e. The maximum atomic E-state index is 10.3. The Morgan fingerprint density at radius 3 is 2.55 bits per heavy atom. The van der Waals surface area contributed by atoms with Gasteiger partial charge < -0.3 is 10.2 Å². The molecule has 0 fully saturated rings.